The fourth-order valence-electron chi connectivity index (χ4n) is 16.0. The number of fused-ring (bicyclic) bond motifs is 4. The van der Waals surface area contributed by atoms with Crippen LogP contribution in [0.4, 0.5) is 0 Å². The van der Waals surface area contributed by atoms with E-state index in [0.29, 0.717) is 53.2 Å². The van der Waals surface area contributed by atoms with Gasteiger partial charge >= 0.3 is 0 Å². The second-order valence-electron chi connectivity index (χ2n) is 21.5. The van der Waals surface area contributed by atoms with E-state index in [0.717, 1.165) is 45.8 Å². The predicted molar refractivity (Wildman–Crippen MR) is 203 cm³/mol. The quantitative estimate of drug-likeness (QED) is 0.317. The number of hydrogen-bond donors (Lipinski definition) is 2. The molecular weight excluding hydrogens is 668 g/mol. The topological polar surface area (TPSA) is 93.1 Å². The Morgan fingerprint density at radius 2 is 1.60 bits per heavy atom. The standard InChI is InChI=1S/C44H74N2O7/c1-9-50-38(40(5,6)48)30-22-27(2)35-36(52-30)37(47)42(8)32-11-10-31-39(3,4)33(12-15-43(31)26-44(32,43)17-16-41(35,42)7)53-34-23-46(20-21-51-34)28-13-18-45(19-14-28)29-24-49-25-29/h27-38,47-48H,9-26H2,1-8H3/t27-,30-,31+,32+,33+,34+,35+,36+,37+,38+,41-,42-,43-,44+/m1/s1. The molecule has 9 fully saturated rings. The number of rotatable bonds is 8. The molecule has 0 radical (unpaired) electrons. The molecule has 2 N–H and O–H groups in total. The molecule has 5 aliphatic carbocycles. The molecule has 0 aromatic carbocycles. The Balaban J connectivity index is 0.892. The summed E-state index contributed by atoms with van der Waals surface area (Å²) >= 11 is 0. The monoisotopic (exact) mass is 743 g/mol. The summed E-state index contributed by atoms with van der Waals surface area (Å²) in [6, 6.07) is 1.28. The fourth-order valence-corrected chi connectivity index (χ4v) is 16.0. The third-order valence-electron chi connectivity index (χ3n) is 18.7. The highest BCUT2D eigenvalue weighted by atomic mass is 16.7. The number of ether oxygens (including phenoxy) is 5. The van der Waals surface area contributed by atoms with Gasteiger partial charge in [0.05, 0.1) is 55.9 Å². The van der Waals surface area contributed by atoms with Gasteiger partial charge in [0.25, 0.3) is 0 Å². The van der Waals surface area contributed by atoms with Crippen molar-refractivity contribution in [2.45, 2.75) is 174 Å². The summed E-state index contributed by atoms with van der Waals surface area (Å²) in [4.78, 5) is 5.32. The van der Waals surface area contributed by atoms with Crippen molar-refractivity contribution in [1.29, 1.82) is 0 Å². The zero-order chi connectivity index (χ0) is 37.3. The second kappa shape index (κ2) is 13.1. The van der Waals surface area contributed by atoms with Crippen molar-refractivity contribution in [3.8, 4) is 0 Å². The van der Waals surface area contributed by atoms with E-state index in [2.05, 4.69) is 44.4 Å². The van der Waals surface area contributed by atoms with Crippen molar-refractivity contribution < 1.29 is 33.9 Å². The highest BCUT2D eigenvalue weighted by Crippen LogP contribution is 2.89. The molecule has 0 unspecified atom stereocenters. The van der Waals surface area contributed by atoms with Crippen molar-refractivity contribution in [1.82, 2.24) is 9.80 Å². The smallest absolute Gasteiger partial charge is 0.170 e. The van der Waals surface area contributed by atoms with Crippen LogP contribution in [0.1, 0.15) is 120 Å². The molecule has 9 aliphatic rings. The van der Waals surface area contributed by atoms with E-state index in [9.17, 15) is 10.2 Å². The van der Waals surface area contributed by atoms with Crippen molar-refractivity contribution in [2.24, 2.45) is 50.7 Å². The van der Waals surface area contributed by atoms with E-state index in [1.54, 1.807) is 0 Å². The Morgan fingerprint density at radius 3 is 2.28 bits per heavy atom. The summed E-state index contributed by atoms with van der Waals surface area (Å²) < 4.78 is 32.1. The normalized spacial score (nSPS) is 50.9. The Morgan fingerprint density at radius 1 is 0.887 bits per heavy atom. The lowest BCUT2D eigenvalue weighted by Crippen LogP contribution is -2.60. The molecule has 9 heteroatoms. The maximum atomic E-state index is 12.7. The molecule has 14 atom stereocenters. The highest BCUT2D eigenvalue weighted by molar-refractivity contribution is 5.33. The lowest BCUT2D eigenvalue weighted by molar-refractivity contribution is -0.252. The Labute approximate surface area is 320 Å². The molecule has 2 spiro atoms. The minimum absolute atomic E-state index is 0.0199. The van der Waals surface area contributed by atoms with Crippen LogP contribution >= 0.6 is 0 Å². The summed E-state index contributed by atoms with van der Waals surface area (Å²) in [5.41, 5.74) is -0.455. The van der Waals surface area contributed by atoms with E-state index < -0.39 is 17.8 Å². The summed E-state index contributed by atoms with van der Waals surface area (Å²) in [7, 11) is 0. The molecule has 4 saturated heterocycles. The van der Waals surface area contributed by atoms with Crippen LogP contribution in [0, 0.1) is 50.7 Å². The molecule has 0 aromatic heterocycles. The van der Waals surface area contributed by atoms with Gasteiger partial charge in [0.1, 0.15) is 6.10 Å². The van der Waals surface area contributed by atoms with Gasteiger partial charge in [-0.1, -0.05) is 34.6 Å². The van der Waals surface area contributed by atoms with Crippen molar-refractivity contribution in [3.63, 3.8) is 0 Å². The van der Waals surface area contributed by atoms with E-state index in [1.807, 2.05) is 20.8 Å². The molecule has 0 aromatic rings. The molecule has 53 heavy (non-hydrogen) atoms. The maximum Gasteiger partial charge on any atom is 0.170 e. The van der Waals surface area contributed by atoms with Gasteiger partial charge in [0.2, 0.25) is 0 Å². The first-order valence-electron chi connectivity index (χ1n) is 22.1. The van der Waals surface area contributed by atoms with Crippen molar-refractivity contribution >= 4 is 0 Å². The molecule has 4 aliphatic heterocycles. The Kier molecular flexibility index (Phi) is 9.42. The van der Waals surface area contributed by atoms with Gasteiger partial charge in [-0.2, -0.15) is 0 Å². The van der Waals surface area contributed by atoms with Crippen LogP contribution in [0.25, 0.3) is 0 Å². The van der Waals surface area contributed by atoms with Crippen LogP contribution in [0.3, 0.4) is 0 Å². The summed E-state index contributed by atoms with van der Waals surface area (Å²) in [5, 5.41) is 23.8. The van der Waals surface area contributed by atoms with Gasteiger partial charge in [-0.15, -0.1) is 0 Å². The van der Waals surface area contributed by atoms with Gasteiger partial charge in [0.15, 0.2) is 6.29 Å². The molecule has 9 rings (SSSR count). The number of piperidine rings is 1. The number of aliphatic hydroxyl groups excluding tert-OH is 1. The minimum Gasteiger partial charge on any atom is -0.390 e. The van der Waals surface area contributed by atoms with Gasteiger partial charge < -0.3 is 33.9 Å². The number of hydrogen-bond acceptors (Lipinski definition) is 9. The average molecular weight is 743 g/mol. The molecule has 9 nitrogen and oxygen atoms in total. The first-order valence-corrected chi connectivity index (χ1v) is 22.1. The maximum absolute atomic E-state index is 12.7. The van der Waals surface area contributed by atoms with Crippen molar-refractivity contribution in [2.75, 3.05) is 52.6 Å². The summed E-state index contributed by atoms with van der Waals surface area (Å²) in [6.07, 6.45) is 10.6. The van der Waals surface area contributed by atoms with Gasteiger partial charge in [-0.25, -0.2) is 0 Å². The molecule has 0 bridgehead atoms. The van der Waals surface area contributed by atoms with Gasteiger partial charge in [0, 0.05) is 44.2 Å². The van der Waals surface area contributed by atoms with Gasteiger partial charge in [-0.05, 0) is 130 Å². The van der Waals surface area contributed by atoms with Crippen LogP contribution < -0.4 is 0 Å². The predicted octanol–water partition coefficient (Wildman–Crippen LogP) is 5.88. The number of aliphatic hydroxyl groups is 2. The summed E-state index contributed by atoms with van der Waals surface area (Å²) in [6.45, 7) is 25.5. The fraction of sp³-hybridized carbons (Fsp3) is 1.00. The zero-order valence-electron chi connectivity index (χ0n) is 34.5. The summed E-state index contributed by atoms with van der Waals surface area (Å²) in [5.74, 6) is 1.84. The van der Waals surface area contributed by atoms with E-state index in [-0.39, 0.29) is 40.8 Å². The highest BCUT2D eigenvalue weighted by Gasteiger charge is 2.84. The SMILES string of the molecule is CCO[C@@H]([C@H]1C[C@@H](C)[C@H]2[C@H](O1)[C@H](O)[C@@]1(C)[C@@H]3CC[C@H]4C(C)(C)[C@@H](O[C@H]5CN(C6CCN(C7COC7)CC6)CCO5)CC[C@@]45C[C@@]35CC[C@]21C)C(C)(C)O. The lowest BCUT2D eigenvalue weighted by atomic mass is 9.41. The number of nitrogens with zero attached hydrogens (tertiary/aromatic N) is 2. The minimum atomic E-state index is -1.01. The number of morpholine rings is 1. The third-order valence-corrected chi connectivity index (χ3v) is 18.7. The van der Waals surface area contributed by atoms with Crippen LogP contribution in [0.5, 0.6) is 0 Å². The first-order chi connectivity index (χ1) is 25.1. The zero-order valence-corrected chi connectivity index (χ0v) is 34.5. The molecule has 302 valence electrons. The average Bonchev–Trinajstić information content (AvgIpc) is 3.72. The Hall–Kier alpha value is -0.360. The van der Waals surface area contributed by atoms with Crippen LogP contribution in [0.15, 0.2) is 0 Å². The largest absolute Gasteiger partial charge is 0.390 e. The van der Waals surface area contributed by atoms with E-state index >= 15 is 0 Å². The lowest BCUT2D eigenvalue weighted by Gasteiger charge is -2.64. The molecular formula is C44H74N2O7. The second-order valence-corrected chi connectivity index (χ2v) is 21.5. The van der Waals surface area contributed by atoms with Crippen LogP contribution in [0.2, 0.25) is 0 Å². The first kappa shape index (κ1) is 38.2. The van der Waals surface area contributed by atoms with E-state index in [1.165, 1.54) is 64.5 Å². The third kappa shape index (κ3) is 5.46. The molecule has 0 amide bonds. The number of likely N-dealkylation sites (tertiary alicyclic amines) is 1. The van der Waals surface area contributed by atoms with Crippen molar-refractivity contribution in [3.05, 3.63) is 0 Å². The van der Waals surface area contributed by atoms with Gasteiger partial charge in [-0.3, -0.25) is 9.80 Å². The molecule has 5 saturated carbocycles. The molecule has 4 heterocycles. The van der Waals surface area contributed by atoms with Crippen LogP contribution in [-0.4, -0.2) is 127 Å². The van der Waals surface area contributed by atoms with Crippen LogP contribution in [-0.2, 0) is 23.7 Å². The van der Waals surface area contributed by atoms with E-state index in [4.69, 9.17) is 23.7 Å². The Bertz CT molecular complexity index is 1360.